The van der Waals surface area contributed by atoms with Crippen molar-refractivity contribution in [1.82, 2.24) is 20.4 Å². The molecule has 0 aromatic carbocycles. The van der Waals surface area contributed by atoms with E-state index in [4.69, 9.17) is 4.74 Å². The summed E-state index contributed by atoms with van der Waals surface area (Å²) < 4.78 is 7.21. The van der Waals surface area contributed by atoms with Gasteiger partial charge < -0.3 is 15.4 Å². The summed E-state index contributed by atoms with van der Waals surface area (Å²) in [6.07, 6.45) is 0. The van der Waals surface area contributed by atoms with Crippen LogP contribution in [0.3, 0.4) is 0 Å². The van der Waals surface area contributed by atoms with Crippen LogP contribution < -0.4 is 10.6 Å². The van der Waals surface area contributed by atoms with Gasteiger partial charge in [0.25, 0.3) is 0 Å². The number of ether oxygens (including phenoxy) is 1. The molecule has 21 heavy (non-hydrogen) atoms. The molecule has 6 nitrogen and oxygen atoms in total. The quantitative estimate of drug-likeness (QED) is 0.312. The largest absolute Gasteiger partial charge is 0.380 e. The molecular formula is C14H28IN5O. The minimum absolute atomic E-state index is 0. The van der Waals surface area contributed by atoms with Gasteiger partial charge in [0, 0.05) is 38.0 Å². The Morgan fingerprint density at radius 3 is 2.52 bits per heavy atom. The van der Waals surface area contributed by atoms with Gasteiger partial charge in [0.1, 0.15) is 0 Å². The second-order valence-corrected chi connectivity index (χ2v) is 4.59. The van der Waals surface area contributed by atoms with Crippen molar-refractivity contribution in [2.75, 3.05) is 26.3 Å². The van der Waals surface area contributed by atoms with Gasteiger partial charge in [0.2, 0.25) is 0 Å². The molecule has 0 saturated carbocycles. The molecule has 1 aromatic heterocycles. The molecule has 0 aliphatic carbocycles. The lowest BCUT2D eigenvalue weighted by Crippen LogP contribution is -2.39. The molecule has 0 aliphatic heterocycles. The molecule has 0 spiro atoms. The molecule has 2 N–H and O–H groups in total. The van der Waals surface area contributed by atoms with Crippen molar-refractivity contribution in [3.05, 3.63) is 17.0 Å². The highest BCUT2D eigenvalue weighted by Crippen LogP contribution is 2.12. The normalized spacial score (nSPS) is 11.2. The van der Waals surface area contributed by atoms with Crippen molar-refractivity contribution >= 4 is 29.9 Å². The second-order valence-electron chi connectivity index (χ2n) is 4.59. The third kappa shape index (κ3) is 6.64. The Kier molecular flexibility index (Phi) is 10.4. The second kappa shape index (κ2) is 10.8. The van der Waals surface area contributed by atoms with Gasteiger partial charge in [-0.05, 0) is 27.7 Å². The predicted octanol–water partition coefficient (Wildman–Crippen LogP) is 1.75. The molecule has 1 heterocycles. The summed E-state index contributed by atoms with van der Waals surface area (Å²) in [5, 5.41) is 10.9. The van der Waals surface area contributed by atoms with Crippen LogP contribution in [0.1, 0.15) is 30.8 Å². The molecule has 0 aliphatic rings. The zero-order valence-electron chi connectivity index (χ0n) is 13.7. The number of nitrogens with zero attached hydrogens (tertiary/aromatic N) is 3. The summed E-state index contributed by atoms with van der Waals surface area (Å²) in [4.78, 5) is 4.60. The van der Waals surface area contributed by atoms with E-state index < -0.39 is 0 Å². The van der Waals surface area contributed by atoms with Crippen LogP contribution in [0.15, 0.2) is 4.99 Å². The summed E-state index contributed by atoms with van der Waals surface area (Å²) in [6.45, 7) is 11.8. The molecular weight excluding hydrogens is 381 g/mol. The lowest BCUT2D eigenvalue weighted by Gasteiger charge is -2.11. The molecule has 1 aromatic rings. The molecule has 0 bridgehead atoms. The maximum atomic E-state index is 5.31. The maximum Gasteiger partial charge on any atom is 0.191 e. The van der Waals surface area contributed by atoms with E-state index in [2.05, 4.69) is 34.6 Å². The molecule has 0 atom stereocenters. The van der Waals surface area contributed by atoms with Crippen LogP contribution in [0.25, 0.3) is 0 Å². The van der Waals surface area contributed by atoms with E-state index in [0.717, 1.165) is 37.0 Å². The first-order valence-electron chi connectivity index (χ1n) is 7.19. The van der Waals surface area contributed by atoms with E-state index >= 15 is 0 Å². The highest BCUT2D eigenvalue weighted by atomic mass is 127. The van der Waals surface area contributed by atoms with E-state index in [-0.39, 0.29) is 24.0 Å². The van der Waals surface area contributed by atoms with Crippen molar-refractivity contribution in [3.63, 3.8) is 0 Å². The van der Waals surface area contributed by atoms with Gasteiger partial charge in [-0.1, -0.05) is 0 Å². The Balaban J connectivity index is 0.00000400. The van der Waals surface area contributed by atoms with Gasteiger partial charge in [-0.15, -0.1) is 24.0 Å². The molecule has 122 valence electrons. The van der Waals surface area contributed by atoms with Crippen molar-refractivity contribution in [3.8, 4) is 0 Å². The average Bonchev–Trinajstić information content (AvgIpc) is 2.66. The fourth-order valence-electron chi connectivity index (χ4n) is 1.93. The van der Waals surface area contributed by atoms with Gasteiger partial charge in [0.15, 0.2) is 5.96 Å². The number of guanidine groups is 1. The Labute approximate surface area is 144 Å². The van der Waals surface area contributed by atoms with Crippen molar-refractivity contribution in [2.45, 2.75) is 34.2 Å². The minimum Gasteiger partial charge on any atom is -0.380 e. The third-order valence-electron chi connectivity index (χ3n) is 3.14. The first kappa shape index (κ1) is 20.2. The Morgan fingerprint density at radius 2 is 2.00 bits per heavy atom. The number of aryl methyl sites for hydroxylation is 2. The number of hydrogen-bond acceptors (Lipinski definition) is 3. The van der Waals surface area contributed by atoms with Crippen LogP contribution in [0.2, 0.25) is 0 Å². The Hall–Kier alpha value is -0.830. The van der Waals surface area contributed by atoms with Crippen molar-refractivity contribution in [2.24, 2.45) is 12.0 Å². The summed E-state index contributed by atoms with van der Waals surface area (Å²) in [7, 11) is 1.96. The molecule has 0 fully saturated rings. The van der Waals surface area contributed by atoms with E-state index in [1.54, 1.807) is 0 Å². The average molecular weight is 409 g/mol. The number of aliphatic imine (C=N–C) groups is 1. The fraction of sp³-hybridized carbons (Fsp3) is 0.714. The lowest BCUT2D eigenvalue weighted by molar-refractivity contribution is 0.152. The Morgan fingerprint density at radius 1 is 1.29 bits per heavy atom. The standard InChI is InChI=1S/C14H27N5O.HI/c1-6-15-14(16-8-9-20-7-2)17-10-13-11(3)18-19(5)12(13)4;/h6-10H2,1-5H3,(H2,15,16,17);1H. The molecule has 1 rings (SSSR count). The van der Waals surface area contributed by atoms with E-state index in [0.29, 0.717) is 13.2 Å². The van der Waals surface area contributed by atoms with Crippen LogP contribution in [0.4, 0.5) is 0 Å². The molecule has 7 heteroatoms. The van der Waals surface area contributed by atoms with Gasteiger partial charge >= 0.3 is 0 Å². The van der Waals surface area contributed by atoms with Crippen LogP contribution in [-0.4, -0.2) is 42.0 Å². The number of nitrogens with one attached hydrogen (secondary N) is 2. The molecule has 0 saturated heterocycles. The van der Waals surface area contributed by atoms with E-state index in [9.17, 15) is 0 Å². The zero-order chi connectivity index (χ0) is 15.0. The van der Waals surface area contributed by atoms with E-state index in [1.807, 2.05) is 25.6 Å². The highest BCUT2D eigenvalue weighted by Gasteiger charge is 2.08. The molecule has 0 radical (unpaired) electrons. The molecule has 0 unspecified atom stereocenters. The fourth-order valence-corrected chi connectivity index (χ4v) is 1.93. The lowest BCUT2D eigenvalue weighted by atomic mass is 10.2. The third-order valence-corrected chi connectivity index (χ3v) is 3.14. The number of halogens is 1. The van der Waals surface area contributed by atoms with Crippen LogP contribution in [0, 0.1) is 13.8 Å². The van der Waals surface area contributed by atoms with Crippen molar-refractivity contribution in [1.29, 1.82) is 0 Å². The minimum atomic E-state index is 0. The zero-order valence-corrected chi connectivity index (χ0v) is 16.0. The van der Waals surface area contributed by atoms with Gasteiger partial charge in [-0.2, -0.15) is 5.10 Å². The first-order valence-corrected chi connectivity index (χ1v) is 7.19. The first-order chi connectivity index (χ1) is 9.60. The summed E-state index contributed by atoms with van der Waals surface area (Å²) in [5.41, 5.74) is 3.39. The maximum absolute atomic E-state index is 5.31. The topological polar surface area (TPSA) is 63.5 Å². The van der Waals surface area contributed by atoms with E-state index in [1.165, 1.54) is 5.56 Å². The monoisotopic (exact) mass is 409 g/mol. The van der Waals surface area contributed by atoms with Gasteiger partial charge in [-0.25, -0.2) is 4.99 Å². The van der Waals surface area contributed by atoms with Crippen molar-refractivity contribution < 1.29 is 4.74 Å². The number of aromatic nitrogens is 2. The summed E-state index contributed by atoms with van der Waals surface area (Å²) >= 11 is 0. The van der Waals surface area contributed by atoms with Gasteiger partial charge in [0.05, 0.1) is 18.8 Å². The number of rotatable bonds is 7. The van der Waals surface area contributed by atoms with Crippen LogP contribution >= 0.6 is 24.0 Å². The molecule has 0 amide bonds. The van der Waals surface area contributed by atoms with Crippen LogP contribution in [-0.2, 0) is 18.3 Å². The number of hydrogen-bond donors (Lipinski definition) is 2. The Bertz CT molecular complexity index is 445. The summed E-state index contributed by atoms with van der Waals surface area (Å²) in [6, 6.07) is 0. The predicted molar refractivity (Wildman–Crippen MR) is 97.4 cm³/mol. The summed E-state index contributed by atoms with van der Waals surface area (Å²) in [5.74, 6) is 0.815. The van der Waals surface area contributed by atoms with Crippen LogP contribution in [0.5, 0.6) is 0 Å². The highest BCUT2D eigenvalue weighted by molar-refractivity contribution is 14.0. The smallest absolute Gasteiger partial charge is 0.191 e. The van der Waals surface area contributed by atoms with Gasteiger partial charge in [-0.3, -0.25) is 4.68 Å². The SMILES string of the molecule is CCNC(=NCc1c(C)nn(C)c1C)NCCOCC.I.